The molecular weight excluding hydrogens is 294 g/mol. The van der Waals surface area contributed by atoms with Gasteiger partial charge in [-0.05, 0) is 44.5 Å². The number of piperidine rings is 1. The Bertz CT molecular complexity index is 582. The molecule has 2 unspecified atom stereocenters. The van der Waals surface area contributed by atoms with Gasteiger partial charge in [0.2, 0.25) is 0 Å². The quantitative estimate of drug-likeness (QED) is 0.817. The summed E-state index contributed by atoms with van der Waals surface area (Å²) in [6.45, 7) is 5.35. The van der Waals surface area contributed by atoms with Gasteiger partial charge in [-0.3, -0.25) is 5.10 Å². The summed E-state index contributed by atoms with van der Waals surface area (Å²) in [6.07, 6.45) is 3.44. The number of rotatable bonds is 7. The van der Waals surface area contributed by atoms with Crippen LogP contribution in [0.2, 0.25) is 0 Å². The monoisotopic (exact) mass is 319 g/mol. The molecule has 0 saturated carbocycles. The zero-order chi connectivity index (χ0) is 16.1. The predicted molar refractivity (Wildman–Crippen MR) is 86.1 cm³/mol. The van der Waals surface area contributed by atoms with Crippen LogP contribution in [0.15, 0.2) is 28.9 Å². The minimum atomic E-state index is -0.482. The van der Waals surface area contributed by atoms with Gasteiger partial charge in [0.05, 0.1) is 24.7 Å². The molecule has 0 aromatic carbocycles. The summed E-state index contributed by atoms with van der Waals surface area (Å²) in [5.41, 5.74) is 2.24. The molecule has 3 rings (SSSR count). The van der Waals surface area contributed by atoms with Gasteiger partial charge in [-0.1, -0.05) is 0 Å². The Morgan fingerprint density at radius 3 is 3.22 bits per heavy atom. The second-order valence-corrected chi connectivity index (χ2v) is 6.32. The lowest BCUT2D eigenvalue weighted by molar-refractivity contribution is 0.00118. The molecule has 1 fully saturated rings. The normalized spacial score (nSPS) is 20.7. The van der Waals surface area contributed by atoms with Gasteiger partial charge in [0.1, 0.15) is 12.4 Å². The smallest absolute Gasteiger partial charge is 0.129 e. The molecule has 6 nitrogen and oxygen atoms in total. The number of hydrogen-bond acceptors (Lipinski definition) is 5. The topological polar surface area (TPSA) is 74.5 Å². The van der Waals surface area contributed by atoms with Crippen LogP contribution in [-0.4, -0.2) is 52.5 Å². The first kappa shape index (κ1) is 16.2. The number of aryl methyl sites for hydroxylation is 1. The maximum Gasteiger partial charge on any atom is 0.129 e. The third-order valence-electron chi connectivity index (χ3n) is 4.25. The van der Waals surface area contributed by atoms with Crippen molar-refractivity contribution < 1.29 is 14.3 Å². The standard InChI is InChI=1S/C17H25N3O3/c1-13-8-17(19-18-13)14-4-2-6-20(9-14)10-15(21)11-22-12-16-5-3-7-23-16/h3,5,7-8,14-15,21H,2,4,6,9-12H2,1H3,(H,18,19). The molecule has 2 aromatic heterocycles. The van der Waals surface area contributed by atoms with Crippen LogP contribution in [0, 0.1) is 6.92 Å². The molecule has 0 bridgehead atoms. The number of furan rings is 1. The number of aliphatic hydroxyl groups is 1. The Morgan fingerprint density at radius 2 is 2.48 bits per heavy atom. The van der Waals surface area contributed by atoms with Crippen molar-refractivity contribution in [2.45, 2.75) is 38.4 Å². The van der Waals surface area contributed by atoms with Crippen LogP contribution in [0.25, 0.3) is 0 Å². The highest BCUT2D eigenvalue weighted by molar-refractivity contribution is 5.13. The minimum Gasteiger partial charge on any atom is -0.467 e. The number of aromatic nitrogens is 2. The van der Waals surface area contributed by atoms with E-state index < -0.39 is 6.10 Å². The number of nitrogens with one attached hydrogen (secondary N) is 1. The highest BCUT2D eigenvalue weighted by atomic mass is 16.5. The van der Waals surface area contributed by atoms with Crippen LogP contribution >= 0.6 is 0 Å². The van der Waals surface area contributed by atoms with E-state index in [1.807, 2.05) is 19.1 Å². The number of aromatic amines is 1. The number of ether oxygens (including phenoxy) is 1. The fourth-order valence-corrected chi connectivity index (χ4v) is 3.15. The number of likely N-dealkylation sites (tertiary alicyclic amines) is 1. The Morgan fingerprint density at radius 1 is 1.57 bits per heavy atom. The first-order valence-electron chi connectivity index (χ1n) is 8.23. The summed E-state index contributed by atoms with van der Waals surface area (Å²) in [5, 5.41) is 17.6. The predicted octanol–water partition coefficient (Wildman–Crippen LogP) is 2.07. The van der Waals surface area contributed by atoms with Gasteiger partial charge in [0.15, 0.2) is 0 Å². The number of H-pyrrole nitrogens is 1. The fraction of sp³-hybridized carbons (Fsp3) is 0.588. The molecule has 3 heterocycles. The van der Waals surface area contributed by atoms with Gasteiger partial charge < -0.3 is 19.2 Å². The van der Waals surface area contributed by atoms with Crippen LogP contribution < -0.4 is 0 Å². The van der Waals surface area contributed by atoms with Crippen LogP contribution in [0.4, 0.5) is 0 Å². The van der Waals surface area contributed by atoms with Crippen molar-refractivity contribution in [2.75, 3.05) is 26.2 Å². The Kier molecular flexibility index (Phi) is 5.48. The van der Waals surface area contributed by atoms with Crippen LogP contribution in [-0.2, 0) is 11.3 Å². The zero-order valence-electron chi connectivity index (χ0n) is 13.6. The molecule has 0 radical (unpaired) electrons. The minimum absolute atomic E-state index is 0.323. The summed E-state index contributed by atoms with van der Waals surface area (Å²) >= 11 is 0. The van der Waals surface area contributed by atoms with Crippen LogP contribution in [0.3, 0.4) is 0 Å². The van der Waals surface area contributed by atoms with Gasteiger partial charge in [0, 0.05) is 24.7 Å². The summed E-state index contributed by atoms with van der Waals surface area (Å²) in [6, 6.07) is 5.82. The van der Waals surface area contributed by atoms with Crippen LogP contribution in [0.5, 0.6) is 0 Å². The Balaban J connectivity index is 1.41. The molecule has 1 saturated heterocycles. The molecule has 2 N–H and O–H groups in total. The van der Waals surface area contributed by atoms with E-state index in [0.717, 1.165) is 43.1 Å². The molecule has 2 aromatic rings. The zero-order valence-corrected chi connectivity index (χ0v) is 13.6. The third kappa shape index (κ3) is 4.67. The maximum absolute atomic E-state index is 10.2. The van der Waals surface area contributed by atoms with E-state index in [4.69, 9.17) is 9.15 Å². The molecular formula is C17H25N3O3. The van der Waals surface area contributed by atoms with Crippen LogP contribution in [0.1, 0.15) is 35.9 Å². The maximum atomic E-state index is 10.2. The largest absolute Gasteiger partial charge is 0.467 e. The van der Waals surface area contributed by atoms with E-state index in [-0.39, 0.29) is 0 Å². The van der Waals surface area contributed by atoms with Crippen molar-refractivity contribution in [3.63, 3.8) is 0 Å². The van der Waals surface area contributed by atoms with E-state index in [0.29, 0.717) is 25.7 Å². The number of hydrogen-bond donors (Lipinski definition) is 2. The molecule has 0 amide bonds. The second-order valence-electron chi connectivity index (χ2n) is 6.32. The van der Waals surface area contributed by atoms with Crippen molar-refractivity contribution in [2.24, 2.45) is 0 Å². The first-order chi connectivity index (χ1) is 11.2. The van der Waals surface area contributed by atoms with E-state index in [1.54, 1.807) is 6.26 Å². The van der Waals surface area contributed by atoms with Gasteiger partial charge in [-0.15, -0.1) is 0 Å². The SMILES string of the molecule is Cc1cc(C2CCCN(CC(O)COCc3ccco3)C2)n[nH]1. The number of aliphatic hydroxyl groups excluding tert-OH is 1. The molecule has 2 atom stereocenters. The summed E-state index contributed by atoms with van der Waals surface area (Å²) in [5.74, 6) is 1.23. The molecule has 1 aliphatic rings. The summed E-state index contributed by atoms with van der Waals surface area (Å²) in [4.78, 5) is 2.30. The average Bonchev–Trinajstić information content (AvgIpc) is 3.19. The molecule has 23 heavy (non-hydrogen) atoms. The number of β-amino-alcohol motifs (C(OH)–C–C–N with tert-alkyl or cyclic N) is 1. The molecule has 6 heteroatoms. The lowest BCUT2D eigenvalue weighted by Gasteiger charge is -2.33. The van der Waals surface area contributed by atoms with Crippen molar-refractivity contribution in [1.29, 1.82) is 0 Å². The van der Waals surface area contributed by atoms with E-state index in [9.17, 15) is 5.11 Å². The molecule has 0 spiro atoms. The van der Waals surface area contributed by atoms with Gasteiger partial charge >= 0.3 is 0 Å². The van der Waals surface area contributed by atoms with Crippen molar-refractivity contribution in [3.05, 3.63) is 41.6 Å². The van der Waals surface area contributed by atoms with Crippen molar-refractivity contribution in [3.8, 4) is 0 Å². The van der Waals surface area contributed by atoms with Gasteiger partial charge in [-0.2, -0.15) is 5.10 Å². The Labute approximate surface area is 136 Å². The Hall–Kier alpha value is -1.63. The highest BCUT2D eigenvalue weighted by Gasteiger charge is 2.24. The van der Waals surface area contributed by atoms with E-state index in [2.05, 4.69) is 21.2 Å². The van der Waals surface area contributed by atoms with Crippen molar-refractivity contribution >= 4 is 0 Å². The molecule has 126 valence electrons. The van der Waals surface area contributed by atoms with Gasteiger partial charge in [0.25, 0.3) is 0 Å². The van der Waals surface area contributed by atoms with Crippen molar-refractivity contribution in [1.82, 2.24) is 15.1 Å². The third-order valence-corrected chi connectivity index (χ3v) is 4.25. The second kappa shape index (κ2) is 7.77. The summed E-state index contributed by atoms with van der Waals surface area (Å²) < 4.78 is 10.7. The molecule has 0 aliphatic carbocycles. The fourth-order valence-electron chi connectivity index (χ4n) is 3.15. The first-order valence-corrected chi connectivity index (χ1v) is 8.23. The van der Waals surface area contributed by atoms with E-state index >= 15 is 0 Å². The van der Waals surface area contributed by atoms with Gasteiger partial charge in [-0.25, -0.2) is 0 Å². The average molecular weight is 319 g/mol. The highest BCUT2D eigenvalue weighted by Crippen LogP contribution is 2.25. The lowest BCUT2D eigenvalue weighted by atomic mass is 9.94. The van der Waals surface area contributed by atoms with E-state index in [1.165, 1.54) is 0 Å². The molecule has 1 aliphatic heterocycles. The summed E-state index contributed by atoms with van der Waals surface area (Å²) in [7, 11) is 0. The lowest BCUT2D eigenvalue weighted by Crippen LogP contribution is -2.40. The number of nitrogens with zero attached hydrogens (tertiary/aromatic N) is 2.